The highest BCUT2D eigenvalue weighted by molar-refractivity contribution is 7.11. The first kappa shape index (κ1) is 10.9. The van der Waals surface area contributed by atoms with E-state index in [9.17, 15) is 0 Å². The number of ether oxygens (including phenoxy) is 1. The second kappa shape index (κ2) is 4.94. The van der Waals surface area contributed by atoms with Gasteiger partial charge in [-0.25, -0.2) is 9.97 Å². The number of aromatic nitrogens is 2. The maximum absolute atomic E-state index is 4.98. The fourth-order valence-electron chi connectivity index (χ4n) is 1.26. The summed E-state index contributed by atoms with van der Waals surface area (Å²) in [6.07, 6.45) is 3.30. The lowest BCUT2D eigenvalue weighted by molar-refractivity contribution is 0.411. The Balaban J connectivity index is 1.94. The zero-order valence-corrected chi connectivity index (χ0v) is 10.0. The summed E-state index contributed by atoms with van der Waals surface area (Å²) < 4.78 is 4.98. The van der Waals surface area contributed by atoms with E-state index in [1.807, 2.05) is 0 Å². The van der Waals surface area contributed by atoms with E-state index in [0.29, 0.717) is 11.7 Å². The summed E-state index contributed by atoms with van der Waals surface area (Å²) in [6.45, 7) is 2.85. The second-order valence-electron chi connectivity index (χ2n) is 3.31. The van der Waals surface area contributed by atoms with Crippen molar-refractivity contribution in [1.29, 1.82) is 0 Å². The van der Waals surface area contributed by atoms with E-state index in [1.165, 1.54) is 9.75 Å². The summed E-state index contributed by atoms with van der Waals surface area (Å²) in [4.78, 5) is 10.8. The van der Waals surface area contributed by atoms with Crippen molar-refractivity contribution in [2.75, 3.05) is 12.4 Å². The number of anilines is 1. The lowest BCUT2D eigenvalue weighted by Crippen LogP contribution is -2.01. The van der Waals surface area contributed by atoms with Gasteiger partial charge in [-0.1, -0.05) is 0 Å². The van der Waals surface area contributed by atoms with Crippen LogP contribution >= 0.6 is 11.3 Å². The zero-order chi connectivity index (χ0) is 11.4. The van der Waals surface area contributed by atoms with E-state index in [-0.39, 0.29) is 0 Å². The molecule has 0 aliphatic rings. The van der Waals surface area contributed by atoms with Crippen LogP contribution in [0.5, 0.6) is 5.75 Å². The molecule has 84 valence electrons. The van der Waals surface area contributed by atoms with Crippen LogP contribution in [0.2, 0.25) is 0 Å². The third kappa shape index (κ3) is 2.70. The molecular formula is C11H13N3OS. The SMILES string of the molecule is COc1cnc(NCc2ccc(C)s2)nc1. The van der Waals surface area contributed by atoms with Gasteiger partial charge >= 0.3 is 0 Å². The molecule has 0 amide bonds. The van der Waals surface area contributed by atoms with Gasteiger partial charge < -0.3 is 10.1 Å². The van der Waals surface area contributed by atoms with Crippen molar-refractivity contribution < 1.29 is 4.74 Å². The predicted octanol–water partition coefficient (Wildman–Crippen LogP) is 2.47. The molecule has 1 N–H and O–H groups in total. The molecule has 2 rings (SSSR count). The Labute approximate surface area is 98.3 Å². The quantitative estimate of drug-likeness (QED) is 0.884. The molecule has 2 heterocycles. The van der Waals surface area contributed by atoms with Crippen molar-refractivity contribution in [3.8, 4) is 5.75 Å². The Morgan fingerprint density at radius 3 is 2.62 bits per heavy atom. The van der Waals surface area contributed by atoms with Crippen molar-refractivity contribution in [3.05, 3.63) is 34.3 Å². The number of nitrogens with zero attached hydrogens (tertiary/aromatic N) is 2. The first-order valence-electron chi connectivity index (χ1n) is 4.93. The van der Waals surface area contributed by atoms with Crippen LogP contribution in [-0.2, 0) is 6.54 Å². The standard InChI is InChI=1S/C11H13N3OS/c1-8-3-4-10(16-8)7-14-11-12-5-9(15-2)6-13-11/h3-6H,7H2,1-2H3,(H,12,13,14). The van der Waals surface area contributed by atoms with Crippen LogP contribution in [0.25, 0.3) is 0 Å². The molecule has 0 fully saturated rings. The van der Waals surface area contributed by atoms with E-state index >= 15 is 0 Å². The summed E-state index contributed by atoms with van der Waals surface area (Å²) in [5.74, 6) is 1.28. The van der Waals surface area contributed by atoms with Crippen LogP contribution in [0.4, 0.5) is 5.95 Å². The van der Waals surface area contributed by atoms with Crippen molar-refractivity contribution in [2.24, 2.45) is 0 Å². The smallest absolute Gasteiger partial charge is 0.223 e. The monoisotopic (exact) mass is 235 g/mol. The molecule has 0 atom stereocenters. The highest BCUT2D eigenvalue weighted by Crippen LogP contribution is 2.16. The molecular weight excluding hydrogens is 222 g/mol. The molecule has 0 saturated heterocycles. The van der Waals surface area contributed by atoms with Gasteiger partial charge in [0.25, 0.3) is 0 Å². The lowest BCUT2D eigenvalue weighted by atomic mass is 10.4. The van der Waals surface area contributed by atoms with E-state index in [1.54, 1.807) is 30.8 Å². The predicted molar refractivity (Wildman–Crippen MR) is 65.0 cm³/mol. The Morgan fingerprint density at radius 2 is 2.06 bits per heavy atom. The molecule has 0 spiro atoms. The molecule has 0 aliphatic carbocycles. The van der Waals surface area contributed by atoms with Crippen LogP contribution in [0.1, 0.15) is 9.75 Å². The van der Waals surface area contributed by atoms with Gasteiger partial charge in [-0.05, 0) is 19.1 Å². The van der Waals surface area contributed by atoms with Gasteiger partial charge in [-0.2, -0.15) is 0 Å². The molecule has 0 bridgehead atoms. The molecule has 16 heavy (non-hydrogen) atoms. The Bertz CT molecular complexity index is 453. The maximum atomic E-state index is 4.98. The number of hydrogen-bond donors (Lipinski definition) is 1. The molecule has 0 saturated carbocycles. The topological polar surface area (TPSA) is 47.0 Å². The fourth-order valence-corrected chi connectivity index (χ4v) is 2.09. The van der Waals surface area contributed by atoms with Crippen LogP contribution in [0.15, 0.2) is 24.5 Å². The fraction of sp³-hybridized carbons (Fsp3) is 0.273. The molecule has 2 aromatic heterocycles. The van der Waals surface area contributed by atoms with E-state index < -0.39 is 0 Å². The number of methoxy groups -OCH3 is 1. The first-order chi connectivity index (χ1) is 7.78. The molecule has 0 radical (unpaired) electrons. The second-order valence-corrected chi connectivity index (χ2v) is 4.68. The summed E-state index contributed by atoms with van der Waals surface area (Å²) in [5.41, 5.74) is 0. The van der Waals surface area contributed by atoms with Gasteiger partial charge in [-0.3, -0.25) is 0 Å². The van der Waals surface area contributed by atoms with Crippen molar-refractivity contribution in [1.82, 2.24) is 9.97 Å². The molecule has 0 unspecified atom stereocenters. The van der Waals surface area contributed by atoms with E-state index in [2.05, 4.69) is 34.3 Å². The number of thiophene rings is 1. The van der Waals surface area contributed by atoms with Crippen LogP contribution in [-0.4, -0.2) is 17.1 Å². The Kier molecular flexibility index (Phi) is 3.36. The number of rotatable bonds is 4. The van der Waals surface area contributed by atoms with Crippen molar-refractivity contribution >= 4 is 17.3 Å². The van der Waals surface area contributed by atoms with Gasteiger partial charge in [0.2, 0.25) is 5.95 Å². The van der Waals surface area contributed by atoms with E-state index in [4.69, 9.17) is 4.74 Å². The third-order valence-electron chi connectivity index (χ3n) is 2.08. The Hall–Kier alpha value is -1.62. The lowest BCUT2D eigenvalue weighted by Gasteiger charge is -2.03. The maximum Gasteiger partial charge on any atom is 0.223 e. The zero-order valence-electron chi connectivity index (χ0n) is 9.23. The summed E-state index contributed by atoms with van der Waals surface area (Å²) in [5, 5.41) is 3.16. The molecule has 5 heteroatoms. The van der Waals surface area contributed by atoms with Gasteiger partial charge in [0.15, 0.2) is 5.75 Å². The van der Waals surface area contributed by atoms with Gasteiger partial charge in [0.1, 0.15) is 0 Å². The Morgan fingerprint density at radius 1 is 1.31 bits per heavy atom. The van der Waals surface area contributed by atoms with Crippen LogP contribution in [0.3, 0.4) is 0 Å². The summed E-state index contributed by atoms with van der Waals surface area (Å²) >= 11 is 1.77. The molecule has 0 aromatic carbocycles. The van der Waals surface area contributed by atoms with Gasteiger partial charge in [-0.15, -0.1) is 11.3 Å². The summed E-state index contributed by atoms with van der Waals surface area (Å²) in [7, 11) is 1.60. The molecule has 4 nitrogen and oxygen atoms in total. The van der Waals surface area contributed by atoms with E-state index in [0.717, 1.165) is 6.54 Å². The summed E-state index contributed by atoms with van der Waals surface area (Å²) in [6, 6.07) is 4.22. The largest absolute Gasteiger partial charge is 0.494 e. The first-order valence-corrected chi connectivity index (χ1v) is 5.75. The molecule has 2 aromatic rings. The van der Waals surface area contributed by atoms with Crippen molar-refractivity contribution in [2.45, 2.75) is 13.5 Å². The number of hydrogen-bond acceptors (Lipinski definition) is 5. The average molecular weight is 235 g/mol. The van der Waals surface area contributed by atoms with Crippen LogP contribution in [0, 0.1) is 6.92 Å². The number of nitrogens with one attached hydrogen (secondary N) is 1. The third-order valence-corrected chi connectivity index (χ3v) is 3.08. The van der Waals surface area contributed by atoms with Gasteiger partial charge in [0.05, 0.1) is 26.0 Å². The molecule has 0 aliphatic heterocycles. The highest BCUT2D eigenvalue weighted by atomic mass is 32.1. The van der Waals surface area contributed by atoms with Crippen molar-refractivity contribution in [3.63, 3.8) is 0 Å². The van der Waals surface area contributed by atoms with Crippen LogP contribution < -0.4 is 10.1 Å². The average Bonchev–Trinajstić information content (AvgIpc) is 2.73. The highest BCUT2D eigenvalue weighted by Gasteiger charge is 1.99. The minimum absolute atomic E-state index is 0.617. The normalized spacial score (nSPS) is 10.1. The minimum atomic E-state index is 0.617. The van der Waals surface area contributed by atoms with Gasteiger partial charge in [0, 0.05) is 9.75 Å². The minimum Gasteiger partial charge on any atom is -0.494 e. The number of aryl methyl sites for hydroxylation is 1.